The monoisotopic (exact) mass is 416 g/mol. The second-order valence-corrected chi connectivity index (χ2v) is 7.48. The first kappa shape index (κ1) is 21.0. The maximum atomic E-state index is 12.9. The quantitative estimate of drug-likeness (QED) is 0.372. The average Bonchev–Trinajstić information content (AvgIpc) is 3.07. The Hall–Kier alpha value is -2.71. The van der Waals surface area contributed by atoms with Gasteiger partial charge in [0.05, 0.1) is 24.9 Å². The molecule has 3 rings (SSSR count). The van der Waals surface area contributed by atoms with Crippen molar-refractivity contribution in [1.82, 2.24) is 9.55 Å². The third-order valence-electron chi connectivity index (χ3n) is 4.43. The number of nitrogens with zero attached hydrogens (tertiary/aromatic N) is 2. The summed E-state index contributed by atoms with van der Waals surface area (Å²) in [6.45, 7) is 3.39. The van der Waals surface area contributed by atoms with Crippen LogP contribution >= 0.6 is 11.3 Å². The van der Waals surface area contributed by atoms with Gasteiger partial charge in [-0.3, -0.25) is 9.36 Å². The van der Waals surface area contributed by atoms with E-state index in [2.05, 4.69) is 4.98 Å². The number of fused-ring (bicyclic) bond motifs is 1. The lowest BCUT2D eigenvalue weighted by molar-refractivity contribution is 0.0393. The van der Waals surface area contributed by atoms with Crippen molar-refractivity contribution in [2.24, 2.45) is 0 Å². The van der Waals surface area contributed by atoms with Crippen LogP contribution in [0.3, 0.4) is 0 Å². The first-order valence-electron chi connectivity index (χ1n) is 9.44. The van der Waals surface area contributed by atoms with Gasteiger partial charge in [0, 0.05) is 13.7 Å². The molecule has 0 saturated heterocycles. The minimum Gasteiger partial charge on any atom is -0.494 e. The lowest BCUT2D eigenvalue weighted by atomic mass is 10.2. The first-order valence-corrected chi connectivity index (χ1v) is 10.3. The Balaban J connectivity index is 1.62. The van der Waals surface area contributed by atoms with Crippen LogP contribution in [0.25, 0.3) is 10.2 Å². The number of para-hydroxylation sites is 1. The van der Waals surface area contributed by atoms with E-state index in [1.165, 1.54) is 11.3 Å². The van der Waals surface area contributed by atoms with Gasteiger partial charge in [-0.05, 0) is 37.5 Å². The number of unbranched alkanes of at least 4 members (excludes halogenated alkanes) is 1. The number of thiophene rings is 1. The van der Waals surface area contributed by atoms with Crippen LogP contribution in [0.1, 0.15) is 28.1 Å². The largest absolute Gasteiger partial charge is 0.494 e. The van der Waals surface area contributed by atoms with E-state index in [0.29, 0.717) is 40.4 Å². The van der Waals surface area contributed by atoms with Crippen LogP contribution in [0.4, 0.5) is 0 Å². The molecule has 7 nitrogen and oxygen atoms in total. The van der Waals surface area contributed by atoms with Gasteiger partial charge in [0.25, 0.3) is 5.56 Å². The topological polar surface area (TPSA) is 79.7 Å². The molecule has 0 saturated carbocycles. The van der Waals surface area contributed by atoms with Crippen molar-refractivity contribution in [3.63, 3.8) is 0 Å². The zero-order chi connectivity index (χ0) is 20.6. The number of carbonyl (C=O) groups is 1. The minimum absolute atomic E-state index is 0.135. The zero-order valence-electron chi connectivity index (χ0n) is 16.6. The average molecular weight is 416 g/mol. The highest BCUT2D eigenvalue weighted by Crippen LogP contribution is 2.27. The molecule has 0 unspecified atom stereocenters. The number of aryl methyl sites for hydroxylation is 2. The Bertz CT molecular complexity index is 1010. The molecule has 0 N–H and O–H groups in total. The molecule has 0 radical (unpaired) electrons. The molecule has 0 fully saturated rings. The van der Waals surface area contributed by atoms with E-state index in [1.54, 1.807) is 24.9 Å². The van der Waals surface area contributed by atoms with Crippen molar-refractivity contribution >= 4 is 27.5 Å². The van der Waals surface area contributed by atoms with Crippen molar-refractivity contribution in [3.8, 4) is 5.75 Å². The van der Waals surface area contributed by atoms with E-state index < -0.39 is 5.97 Å². The van der Waals surface area contributed by atoms with E-state index in [1.807, 2.05) is 30.3 Å². The molecular formula is C21H24N2O5S. The summed E-state index contributed by atoms with van der Waals surface area (Å²) in [6, 6.07) is 9.64. The van der Waals surface area contributed by atoms with Gasteiger partial charge in [0.15, 0.2) is 0 Å². The summed E-state index contributed by atoms with van der Waals surface area (Å²) in [5.41, 5.74) is 0.482. The Morgan fingerprint density at radius 1 is 1.14 bits per heavy atom. The highest BCUT2D eigenvalue weighted by Gasteiger charge is 2.20. The fourth-order valence-corrected chi connectivity index (χ4v) is 3.92. The summed E-state index contributed by atoms with van der Waals surface area (Å²) in [4.78, 5) is 30.4. The molecule has 1 aromatic carbocycles. The maximum Gasteiger partial charge on any atom is 0.348 e. The minimum atomic E-state index is -0.452. The van der Waals surface area contributed by atoms with Gasteiger partial charge in [-0.1, -0.05) is 18.2 Å². The molecule has 2 heterocycles. The Labute approximate surface area is 172 Å². The first-order chi connectivity index (χ1) is 14.1. The lowest BCUT2D eigenvalue weighted by Gasteiger charge is -2.07. The van der Waals surface area contributed by atoms with E-state index in [4.69, 9.17) is 14.2 Å². The fraction of sp³-hybridized carbons (Fsp3) is 0.381. The summed E-state index contributed by atoms with van der Waals surface area (Å²) in [5, 5.41) is 0.483. The molecule has 0 aliphatic rings. The van der Waals surface area contributed by atoms with Crippen molar-refractivity contribution in [2.45, 2.75) is 26.3 Å². The fourth-order valence-electron chi connectivity index (χ4n) is 2.89. The molecule has 0 bridgehead atoms. The van der Waals surface area contributed by atoms with Gasteiger partial charge < -0.3 is 14.2 Å². The van der Waals surface area contributed by atoms with Gasteiger partial charge in [0.2, 0.25) is 0 Å². The molecule has 29 heavy (non-hydrogen) atoms. The predicted octanol–water partition coefficient (Wildman–Crippen LogP) is 3.43. The summed E-state index contributed by atoms with van der Waals surface area (Å²) in [7, 11) is 1.54. The van der Waals surface area contributed by atoms with Gasteiger partial charge in [-0.25, -0.2) is 9.78 Å². The number of methoxy groups -OCH3 is 1. The normalized spacial score (nSPS) is 11.0. The van der Waals surface area contributed by atoms with Crippen LogP contribution in [0.5, 0.6) is 5.75 Å². The van der Waals surface area contributed by atoms with Gasteiger partial charge >= 0.3 is 5.97 Å². The molecule has 0 aliphatic heterocycles. The van der Waals surface area contributed by atoms with Crippen LogP contribution < -0.4 is 10.3 Å². The number of aromatic nitrogens is 2. The zero-order valence-corrected chi connectivity index (χ0v) is 17.4. The molecule has 3 aromatic rings. The van der Waals surface area contributed by atoms with E-state index >= 15 is 0 Å². The molecule has 2 aromatic heterocycles. The van der Waals surface area contributed by atoms with E-state index in [-0.39, 0.29) is 12.2 Å². The summed E-state index contributed by atoms with van der Waals surface area (Å²) in [5.74, 6) is 0.387. The number of ether oxygens (including phenoxy) is 3. The van der Waals surface area contributed by atoms with Crippen molar-refractivity contribution < 1.29 is 19.0 Å². The number of benzene rings is 1. The van der Waals surface area contributed by atoms with Crippen LogP contribution in [0, 0.1) is 6.92 Å². The number of esters is 1. The van der Waals surface area contributed by atoms with Crippen molar-refractivity contribution in [1.29, 1.82) is 0 Å². The number of rotatable bonds is 10. The molecule has 0 spiro atoms. The maximum absolute atomic E-state index is 12.9. The van der Waals surface area contributed by atoms with Crippen molar-refractivity contribution in [2.75, 3.05) is 26.9 Å². The van der Waals surface area contributed by atoms with Gasteiger partial charge in [-0.15, -0.1) is 11.3 Å². The molecule has 0 atom stereocenters. The summed E-state index contributed by atoms with van der Waals surface area (Å²) in [6.07, 6.45) is 3.15. The SMILES string of the molecule is COCCOC(=O)c1sc2ncn(CCCCOc3ccccc3)c(=O)c2c1C. The number of carbonyl (C=O) groups excluding carboxylic acids is 1. The van der Waals surface area contributed by atoms with E-state index in [0.717, 1.165) is 18.6 Å². The number of hydrogen-bond donors (Lipinski definition) is 0. The molecule has 8 heteroatoms. The third-order valence-corrected chi connectivity index (χ3v) is 5.61. The van der Waals surface area contributed by atoms with Gasteiger partial charge in [-0.2, -0.15) is 0 Å². The lowest BCUT2D eigenvalue weighted by Crippen LogP contribution is -2.21. The van der Waals surface area contributed by atoms with Crippen LogP contribution in [0.15, 0.2) is 41.5 Å². The molecule has 0 amide bonds. The van der Waals surface area contributed by atoms with E-state index in [9.17, 15) is 9.59 Å². The second-order valence-electron chi connectivity index (χ2n) is 6.48. The van der Waals surface area contributed by atoms with Crippen LogP contribution in [-0.2, 0) is 16.0 Å². The smallest absolute Gasteiger partial charge is 0.348 e. The van der Waals surface area contributed by atoms with Crippen LogP contribution in [0.2, 0.25) is 0 Å². The second kappa shape index (κ2) is 10.2. The molecular weight excluding hydrogens is 392 g/mol. The third kappa shape index (κ3) is 5.21. The predicted molar refractivity (Wildman–Crippen MR) is 112 cm³/mol. The summed E-state index contributed by atoms with van der Waals surface area (Å²) >= 11 is 1.18. The van der Waals surface area contributed by atoms with Gasteiger partial charge in [0.1, 0.15) is 22.1 Å². The Morgan fingerprint density at radius 3 is 2.69 bits per heavy atom. The highest BCUT2D eigenvalue weighted by molar-refractivity contribution is 7.20. The Kier molecular flexibility index (Phi) is 7.37. The standard InChI is InChI=1S/C21H24N2O5S/c1-15-17-19(29-18(15)21(25)28-13-12-26-2)22-14-23(20(17)24)10-6-7-11-27-16-8-4-3-5-9-16/h3-5,8-9,14H,6-7,10-13H2,1-2H3. The molecule has 154 valence electrons. The number of hydrogen-bond acceptors (Lipinski definition) is 7. The summed E-state index contributed by atoms with van der Waals surface area (Å²) < 4.78 is 17.3. The highest BCUT2D eigenvalue weighted by atomic mass is 32.1. The van der Waals surface area contributed by atoms with Crippen molar-refractivity contribution in [3.05, 3.63) is 57.5 Å². The van der Waals surface area contributed by atoms with Crippen LogP contribution in [-0.4, -0.2) is 42.5 Å². The Morgan fingerprint density at radius 2 is 1.93 bits per heavy atom. The molecule has 0 aliphatic carbocycles.